The molecule has 1 nitrogen and oxygen atoms in total. The van der Waals surface area contributed by atoms with E-state index in [4.69, 9.17) is 0 Å². The van der Waals surface area contributed by atoms with Crippen molar-refractivity contribution in [2.45, 2.75) is 26.3 Å². The maximum Gasteiger partial charge on any atom is 0.123 e. The topological polar surface area (TPSA) is 12.0 Å². The molecule has 1 unspecified atom stereocenters. The van der Waals surface area contributed by atoms with Crippen molar-refractivity contribution in [3.8, 4) is 0 Å². The van der Waals surface area contributed by atoms with Crippen LogP contribution in [0.25, 0.3) is 0 Å². The van der Waals surface area contributed by atoms with Crippen LogP contribution in [0, 0.1) is 12.7 Å². The van der Waals surface area contributed by atoms with Crippen LogP contribution in [-0.2, 0) is 6.42 Å². The fraction of sp³-hybridized carbons (Fsp3) is 0.294. The SMILES string of the molecule is CCNC(Cc1cccc(F)c1)c1ccc(C)cc1. The van der Waals surface area contributed by atoms with E-state index in [1.807, 2.05) is 6.07 Å². The van der Waals surface area contributed by atoms with E-state index >= 15 is 0 Å². The fourth-order valence-electron chi connectivity index (χ4n) is 2.25. The van der Waals surface area contributed by atoms with Crippen molar-refractivity contribution in [1.82, 2.24) is 5.32 Å². The first kappa shape index (κ1) is 13.8. The number of nitrogens with one attached hydrogen (secondary N) is 1. The average molecular weight is 257 g/mol. The molecule has 1 N–H and O–H groups in total. The zero-order chi connectivity index (χ0) is 13.7. The van der Waals surface area contributed by atoms with E-state index in [0.29, 0.717) is 0 Å². The number of rotatable bonds is 5. The fourth-order valence-corrected chi connectivity index (χ4v) is 2.25. The second kappa shape index (κ2) is 6.48. The van der Waals surface area contributed by atoms with E-state index in [-0.39, 0.29) is 11.9 Å². The van der Waals surface area contributed by atoms with Gasteiger partial charge >= 0.3 is 0 Å². The predicted molar refractivity (Wildman–Crippen MR) is 77.7 cm³/mol. The lowest BCUT2D eigenvalue weighted by molar-refractivity contribution is 0.546. The summed E-state index contributed by atoms with van der Waals surface area (Å²) in [6.45, 7) is 5.07. The molecule has 0 heterocycles. The van der Waals surface area contributed by atoms with E-state index in [9.17, 15) is 4.39 Å². The zero-order valence-corrected chi connectivity index (χ0v) is 11.5. The quantitative estimate of drug-likeness (QED) is 0.852. The maximum atomic E-state index is 13.2. The maximum absolute atomic E-state index is 13.2. The minimum absolute atomic E-state index is 0.170. The van der Waals surface area contributed by atoms with Gasteiger partial charge in [-0.25, -0.2) is 4.39 Å². The molecule has 0 spiro atoms. The first-order valence-corrected chi connectivity index (χ1v) is 6.73. The van der Waals surface area contributed by atoms with Gasteiger partial charge in [-0.3, -0.25) is 0 Å². The third-order valence-electron chi connectivity index (χ3n) is 3.26. The molecule has 0 bridgehead atoms. The molecule has 0 fully saturated rings. The zero-order valence-electron chi connectivity index (χ0n) is 11.5. The summed E-state index contributed by atoms with van der Waals surface area (Å²) >= 11 is 0. The molecule has 2 aromatic rings. The molecule has 0 aromatic heterocycles. The molecular weight excluding hydrogens is 237 g/mol. The molecule has 100 valence electrons. The van der Waals surface area contributed by atoms with Gasteiger partial charge < -0.3 is 5.32 Å². The number of hydrogen-bond donors (Lipinski definition) is 1. The molecule has 19 heavy (non-hydrogen) atoms. The van der Waals surface area contributed by atoms with Crippen molar-refractivity contribution in [1.29, 1.82) is 0 Å². The summed E-state index contributed by atoms with van der Waals surface area (Å²) < 4.78 is 13.2. The largest absolute Gasteiger partial charge is 0.310 e. The first-order chi connectivity index (χ1) is 9.19. The van der Waals surface area contributed by atoms with Crippen LogP contribution in [0.4, 0.5) is 4.39 Å². The highest BCUT2D eigenvalue weighted by Crippen LogP contribution is 2.19. The Morgan fingerprint density at radius 2 is 1.84 bits per heavy atom. The lowest BCUT2D eigenvalue weighted by Gasteiger charge is -2.19. The first-order valence-electron chi connectivity index (χ1n) is 6.73. The van der Waals surface area contributed by atoms with Crippen LogP contribution in [0.3, 0.4) is 0 Å². The molecule has 0 amide bonds. The van der Waals surface area contributed by atoms with E-state index < -0.39 is 0 Å². The summed E-state index contributed by atoms with van der Waals surface area (Å²) in [6.07, 6.45) is 0.800. The number of halogens is 1. The van der Waals surface area contributed by atoms with Crippen LogP contribution in [0.5, 0.6) is 0 Å². The number of benzene rings is 2. The van der Waals surface area contributed by atoms with Crippen LogP contribution >= 0.6 is 0 Å². The summed E-state index contributed by atoms with van der Waals surface area (Å²) in [4.78, 5) is 0. The second-order valence-corrected chi connectivity index (χ2v) is 4.85. The van der Waals surface area contributed by atoms with Gasteiger partial charge in [0.1, 0.15) is 5.82 Å². The highest BCUT2D eigenvalue weighted by atomic mass is 19.1. The average Bonchev–Trinajstić information content (AvgIpc) is 2.39. The molecule has 0 radical (unpaired) electrons. The Morgan fingerprint density at radius 3 is 2.47 bits per heavy atom. The Morgan fingerprint density at radius 1 is 1.11 bits per heavy atom. The highest BCUT2D eigenvalue weighted by Gasteiger charge is 2.11. The number of hydrogen-bond acceptors (Lipinski definition) is 1. The van der Waals surface area contributed by atoms with Gasteiger partial charge in [0.15, 0.2) is 0 Å². The van der Waals surface area contributed by atoms with Gasteiger partial charge in [0, 0.05) is 6.04 Å². The van der Waals surface area contributed by atoms with E-state index in [0.717, 1.165) is 18.5 Å². The van der Waals surface area contributed by atoms with Crippen molar-refractivity contribution in [2.24, 2.45) is 0 Å². The van der Waals surface area contributed by atoms with E-state index in [1.54, 1.807) is 12.1 Å². The summed E-state index contributed by atoms with van der Waals surface area (Å²) in [5, 5.41) is 3.46. The molecule has 0 saturated carbocycles. The van der Waals surface area contributed by atoms with Gasteiger partial charge in [0.25, 0.3) is 0 Å². The molecule has 2 rings (SSSR count). The summed E-state index contributed by atoms with van der Waals surface area (Å²) in [5.74, 6) is -0.170. The molecular formula is C17H20FN. The van der Waals surface area contributed by atoms with Crippen molar-refractivity contribution in [2.75, 3.05) is 6.54 Å². The summed E-state index contributed by atoms with van der Waals surface area (Å²) in [6, 6.07) is 15.6. The van der Waals surface area contributed by atoms with Gasteiger partial charge in [0.05, 0.1) is 0 Å². The monoisotopic (exact) mass is 257 g/mol. The Balaban J connectivity index is 2.18. The van der Waals surface area contributed by atoms with Gasteiger partial charge in [0.2, 0.25) is 0 Å². The van der Waals surface area contributed by atoms with Crippen molar-refractivity contribution >= 4 is 0 Å². The van der Waals surface area contributed by atoms with Crippen LogP contribution in [0.2, 0.25) is 0 Å². The van der Waals surface area contributed by atoms with Gasteiger partial charge in [-0.15, -0.1) is 0 Å². The minimum atomic E-state index is -0.170. The lowest BCUT2D eigenvalue weighted by Crippen LogP contribution is -2.23. The van der Waals surface area contributed by atoms with Gasteiger partial charge in [-0.1, -0.05) is 48.9 Å². The van der Waals surface area contributed by atoms with Crippen LogP contribution in [-0.4, -0.2) is 6.54 Å². The molecule has 0 aliphatic carbocycles. The van der Waals surface area contributed by atoms with Crippen LogP contribution < -0.4 is 5.32 Å². The van der Waals surface area contributed by atoms with E-state index in [2.05, 4.69) is 43.4 Å². The smallest absolute Gasteiger partial charge is 0.123 e. The third kappa shape index (κ3) is 3.90. The van der Waals surface area contributed by atoms with Crippen molar-refractivity contribution < 1.29 is 4.39 Å². The van der Waals surface area contributed by atoms with E-state index in [1.165, 1.54) is 17.2 Å². The number of likely N-dealkylation sites (N-methyl/N-ethyl adjacent to an activating group) is 1. The molecule has 2 heteroatoms. The second-order valence-electron chi connectivity index (χ2n) is 4.85. The molecule has 0 aliphatic heterocycles. The molecule has 1 atom stereocenters. The summed E-state index contributed by atoms with van der Waals surface area (Å²) in [5.41, 5.74) is 3.52. The van der Waals surface area contributed by atoms with Crippen molar-refractivity contribution in [3.05, 3.63) is 71.0 Å². The van der Waals surface area contributed by atoms with Crippen LogP contribution in [0.1, 0.15) is 29.7 Å². The van der Waals surface area contributed by atoms with Crippen molar-refractivity contribution in [3.63, 3.8) is 0 Å². The Labute approximate surface area is 114 Å². The standard InChI is InChI=1S/C17H20FN/c1-3-19-17(15-9-7-13(2)8-10-15)12-14-5-4-6-16(18)11-14/h4-11,17,19H,3,12H2,1-2H3. The molecule has 2 aromatic carbocycles. The lowest BCUT2D eigenvalue weighted by atomic mass is 9.98. The molecule has 0 saturated heterocycles. The highest BCUT2D eigenvalue weighted by molar-refractivity contribution is 5.27. The van der Waals surface area contributed by atoms with Gasteiger partial charge in [-0.05, 0) is 43.1 Å². The Kier molecular flexibility index (Phi) is 4.69. The van der Waals surface area contributed by atoms with Gasteiger partial charge in [-0.2, -0.15) is 0 Å². The Hall–Kier alpha value is -1.67. The third-order valence-corrected chi connectivity index (χ3v) is 3.26. The Bertz CT molecular complexity index is 519. The molecule has 0 aliphatic rings. The minimum Gasteiger partial charge on any atom is -0.310 e. The van der Waals surface area contributed by atoms with Crippen LogP contribution in [0.15, 0.2) is 48.5 Å². The number of aryl methyl sites for hydroxylation is 1. The summed E-state index contributed by atoms with van der Waals surface area (Å²) in [7, 11) is 0. The predicted octanol–water partition coefficient (Wildman–Crippen LogP) is 4.03. The normalized spacial score (nSPS) is 12.4.